The molecule has 12 heteroatoms. The molecule has 2 amide bonds. The number of likely N-dealkylation sites (tertiary alicyclic amines) is 1. The van der Waals surface area contributed by atoms with Gasteiger partial charge in [0.25, 0.3) is 5.91 Å². The molecule has 1 aromatic heterocycles. The number of amides is 2. The number of carbonyl (C=O) groups excluding carboxylic acids is 2. The average molecular weight is 512 g/mol. The number of hydrogen-bond acceptors (Lipinski definition) is 5. The van der Waals surface area contributed by atoms with Crippen LogP contribution in [0, 0.1) is 0 Å². The molecule has 0 unspecified atom stereocenters. The molecule has 188 valence electrons. The first-order chi connectivity index (χ1) is 16.8. The zero-order valence-corrected chi connectivity index (χ0v) is 19.7. The van der Waals surface area contributed by atoms with Crippen molar-refractivity contribution < 1.29 is 27.5 Å². The summed E-state index contributed by atoms with van der Waals surface area (Å²) in [6.45, 7) is -1.26. The van der Waals surface area contributed by atoms with Crippen molar-refractivity contribution in [3.63, 3.8) is 0 Å². The predicted octanol–water partition coefficient (Wildman–Crippen LogP) is 3.89. The number of nitrogens with zero attached hydrogens (tertiary/aromatic N) is 5. The summed E-state index contributed by atoms with van der Waals surface area (Å²) in [5, 5.41) is 9.18. The monoisotopic (exact) mass is 511 g/mol. The molecule has 3 aliphatic rings. The largest absolute Gasteiger partial charge is 0.440 e. The molecule has 2 aromatic rings. The zero-order valence-electron chi connectivity index (χ0n) is 18.9. The van der Waals surface area contributed by atoms with Gasteiger partial charge in [-0.2, -0.15) is 0 Å². The van der Waals surface area contributed by atoms with E-state index in [4.69, 9.17) is 16.3 Å². The van der Waals surface area contributed by atoms with Crippen LogP contribution in [0.15, 0.2) is 18.2 Å². The van der Waals surface area contributed by atoms with Crippen molar-refractivity contribution in [3.05, 3.63) is 40.4 Å². The van der Waals surface area contributed by atoms with Crippen molar-refractivity contribution in [3.8, 4) is 5.69 Å². The Labute approximate surface area is 205 Å². The fraction of sp³-hybridized carbons (Fsp3) is 0.565. The Bertz CT molecular complexity index is 1130. The minimum atomic E-state index is -1.68. The van der Waals surface area contributed by atoms with E-state index in [1.807, 2.05) is 10.6 Å². The maximum absolute atomic E-state index is 14.2. The minimum absolute atomic E-state index is 0.0190. The molecule has 0 N–H and O–H groups in total. The first-order valence-electron chi connectivity index (χ1n) is 11.6. The molecule has 1 aliphatic carbocycles. The highest BCUT2D eigenvalue weighted by molar-refractivity contribution is 6.30. The lowest BCUT2D eigenvalue weighted by atomic mass is 9.95. The molecule has 2 fully saturated rings. The van der Waals surface area contributed by atoms with Crippen LogP contribution in [0.3, 0.4) is 0 Å². The van der Waals surface area contributed by atoms with Gasteiger partial charge in [0, 0.05) is 24.0 Å². The second-order valence-electron chi connectivity index (χ2n) is 9.29. The Balaban J connectivity index is 1.41. The van der Waals surface area contributed by atoms with Crippen LogP contribution in [0.1, 0.15) is 48.8 Å². The third kappa shape index (κ3) is 4.57. The summed E-state index contributed by atoms with van der Waals surface area (Å²) in [4.78, 5) is 28.0. The van der Waals surface area contributed by atoms with Gasteiger partial charge in [-0.25, -0.2) is 18.0 Å². The van der Waals surface area contributed by atoms with Gasteiger partial charge in [-0.3, -0.25) is 14.3 Å². The highest BCUT2D eigenvalue weighted by Crippen LogP contribution is 2.42. The number of hydrogen-bond donors (Lipinski definition) is 0. The molecule has 0 atom stereocenters. The average Bonchev–Trinajstić information content (AvgIpc) is 3.53. The Morgan fingerprint density at radius 2 is 1.83 bits per heavy atom. The van der Waals surface area contributed by atoms with Crippen LogP contribution in [-0.4, -0.2) is 74.8 Å². The number of aromatic nitrogens is 3. The van der Waals surface area contributed by atoms with Crippen molar-refractivity contribution in [1.82, 2.24) is 24.6 Å². The topological polar surface area (TPSA) is 80.6 Å². The van der Waals surface area contributed by atoms with Crippen LogP contribution in [0.2, 0.25) is 5.02 Å². The molecule has 0 bridgehead atoms. The first-order valence-corrected chi connectivity index (χ1v) is 12.0. The molecule has 8 nitrogen and oxygen atoms in total. The van der Waals surface area contributed by atoms with E-state index in [1.54, 1.807) is 17.0 Å². The quantitative estimate of drug-likeness (QED) is 0.608. The number of fused-ring (bicyclic) bond motifs is 3. The van der Waals surface area contributed by atoms with Crippen molar-refractivity contribution in [2.45, 2.75) is 56.5 Å². The van der Waals surface area contributed by atoms with Gasteiger partial charge in [-0.1, -0.05) is 11.6 Å². The molecule has 0 spiro atoms. The number of ether oxygens (including phenoxy) is 1. The van der Waals surface area contributed by atoms with E-state index in [-0.39, 0.29) is 19.0 Å². The SMILES string of the molecule is O=C(OC(CF)CF)N1Cc2cc(Cl)ccc2-n2c(nnc2C2CCN(C(=O)C3(F)CC3)CC2)C1. The van der Waals surface area contributed by atoms with Crippen LogP contribution >= 0.6 is 11.6 Å². The van der Waals surface area contributed by atoms with Gasteiger partial charge >= 0.3 is 6.09 Å². The van der Waals surface area contributed by atoms with Gasteiger partial charge < -0.3 is 9.64 Å². The summed E-state index contributed by atoms with van der Waals surface area (Å²) in [5.74, 6) is 0.691. The summed E-state index contributed by atoms with van der Waals surface area (Å²) >= 11 is 6.22. The van der Waals surface area contributed by atoms with Gasteiger partial charge in [0.1, 0.15) is 19.2 Å². The fourth-order valence-electron chi connectivity index (χ4n) is 4.69. The molecule has 1 saturated carbocycles. The van der Waals surface area contributed by atoms with E-state index >= 15 is 0 Å². The summed E-state index contributed by atoms with van der Waals surface area (Å²) in [5.41, 5.74) is -0.239. The van der Waals surface area contributed by atoms with Crippen LogP contribution in [0.5, 0.6) is 0 Å². The number of rotatable bonds is 5. The minimum Gasteiger partial charge on any atom is -0.440 e. The van der Waals surface area contributed by atoms with E-state index in [0.717, 1.165) is 5.69 Å². The summed E-state index contributed by atoms with van der Waals surface area (Å²) in [6, 6.07) is 5.25. The maximum Gasteiger partial charge on any atom is 0.410 e. The van der Waals surface area contributed by atoms with E-state index in [1.165, 1.54) is 4.90 Å². The highest BCUT2D eigenvalue weighted by atomic mass is 35.5. The first kappa shape index (κ1) is 23.9. The number of piperidine rings is 1. The maximum atomic E-state index is 14.2. The van der Waals surface area contributed by atoms with Crippen LogP contribution in [0.25, 0.3) is 5.69 Å². The molecule has 1 aromatic carbocycles. The lowest BCUT2D eigenvalue weighted by molar-refractivity contribution is -0.139. The molecular formula is C23H25ClF3N5O3. The normalized spacial score (nSPS) is 19.2. The Morgan fingerprint density at radius 1 is 1.11 bits per heavy atom. The molecule has 35 heavy (non-hydrogen) atoms. The van der Waals surface area contributed by atoms with Crippen molar-refractivity contribution in [2.24, 2.45) is 0 Å². The number of alkyl halides is 3. The summed E-state index contributed by atoms with van der Waals surface area (Å²) in [6.07, 6.45) is -0.545. The van der Waals surface area contributed by atoms with Gasteiger partial charge in [0.15, 0.2) is 17.6 Å². The van der Waals surface area contributed by atoms with Crippen LogP contribution in [0.4, 0.5) is 18.0 Å². The highest BCUT2D eigenvalue weighted by Gasteiger charge is 2.53. The number of benzene rings is 1. The number of carbonyl (C=O) groups is 2. The van der Waals surface area contributed by atoms with E-state index < -0.39 is 37.1 Å². The zero-order chi connectivity index (χ0) is 24.7. The van der Waals surface area contributed by atoms with E-state index in [9.17, 15) is 22.8 Å². The lowest BCUT2D eigenvalue weighted by Crippen LogP contribution is -2.43. The Morgan fingerprint density at radius 3 is 2.49 bits per heavy atom. The molecular weight excluding hydrogens is 487 g/mol. The lowest BCUT2D eigenvalue weighted by Gasteiger charge is -2.32. The molecule has 5 rings (SSSR count). The van der Waals surface area contributed by atoms with E-state index in [0.29, 0.717) is 61.0 Å². The van der Waals surface area contributed by atoms with Crippen molar-refractivity contribution in [1.29, 1.82) is 0 Å². The van der Waals surface area contributed by atoms with E-state index in [2.05, 4.69) is 10.2 Å². The van der Waals surface area contributed by atoms with Gasteiger partial charge in [0.2, 0.25) is 0 Å². The third-order valence-electron chi connectivity index (χ3n) is 6.82. The van der Waals surface area contributed by atoms with Crippen molar-refractivity contribution in [2.75, 3.05) is 26.4 Å². The van der Waals surface area contributed by atoms with Crippen LogP contribution < -0.4 is 0 Å². The standard InChI is InChI=1S/C23H25ClF3N5O3/c24-16-1-2-18-15(9-16)12-31(22(34)35-17(10-25)11-26)13-19-28-29-20(32(18)19)14-3-7-30(8-4-14)21(33)23(27)5-6-23/h1-2,9,14,17H,3-8,10-13H2. The van der Waals surface area contributed by atoms with Gasteiger partial charge in [0.05, 0.1) is 18.8 Å². The molecule has 1 saturated heterocycles. The van der Waals surface area contributed by atoms with Crippen LogP contribution in [-0.2, 0) is 22.6 Å². The second kappa shape index (κ2) is 9.33. The summed E-state index contributed by atoms with van der Waals surface area (Å²) < 4.78 is 46.9. The molecule has 0 radical (unpaired) electrons. The fourth-order valence-corrected chi connectivity index (χ4v) is 4.88. The smallest absolute Gasteiger partial charge is 0.410 e. The second-order valence-corrected chi connectivity index (χ2v) is 9.72. The van der Waals surface area contributed by atoms with Gasteiger partial charge in [-0.05, 0) is 49.4 Å². The predicted molar refractivity (Wildman–Crippen MR) is 119 cm³/mol. The van der Waals surface area contributed by atoms with Gasteiger partial charge in [-0.15, -0.1) is 10.2 Å². The molecule has 2 aliphatic heterocycles. The Hall–Kier alpha value is -2.82. The molecule has 3 heterocycles. The number of halogens is 4. The third-order valence-corrected chi connectivity index (χ3v) is 7.06. The Kier molecular flexibility index (Phi) is 6.37. The van der Waals surface area contributed by atoms with Crippen molar-refractivity contribution >= 4 is 23.6 Å². The summed E-state index contributed by atoms with van der Waals surface area (Å²) in [7, 11) is 0.